The van der Waals surface area contributed by atoms with Gasteiger partial charge in [-0.25, -0.2) is 4.98 Å². The first-order chi connectivity index (χ1) is 7.31. The Morgan fingerprint density at radius 3 is 2.87 bits per heavy atom. The van der Waals surface area contributed by atoms with Crippen LogP contribution in [0, 0.1) is 0 Å². The van der Waals surface area contributed by atoms with Crippen molar-refractivity contribution in [1.29, 1.82) is 0 Å². The van der Waals surface area contributed by atoms with Gasteiger partial charge in [0.05, 0.1) is 5.52 Å². The maximum absolute atomic E-state index is 5.78. The second kappa shape index (κ2) is 4.09. The number of rotatable bonds is 2. The second-order valence-corrected chi connectivity index (χ2v) is 3.25. The Morgan fingerprint density at radius 2 is 2.07 bits per heavy atom. The number of nitrogens with two attached hydrogens (primary N) is 1. The molecule has 0 fully saturated rings. The van der Waals surface area contributed by atoms with Crippen LogP contribution in [0.2, 0.25) is 0 Å². The first kappa shape index (κ1) is 9.65. The number of aliphatic imine (C=N–C) groups is 1. The summed E-state index contributed by atoms with van der Waals surface area (Å²) in [6.07, 6.45) is 0. The Balaban J connectivity index is 2.51. The Bertz CT molecular complexity index is 503. The maximum atomic E-state index is 5.78. The minimum absolute atomic E-state index is 0.503. The average Bonchev–Trinajstić information content (AvgIpc) is 2.29. The lowest BCUT2D eigenvalue weighted by atomic mass is 10.2. The summed E-state index contributed by atoms with van der Waals surface area (Å²) in [5.74, 6) is 0.503. The van der Waals surface area contributed by atoms with Crippen molar-refractivity contribution in [3.05, 3.63) is 42.1 Å². The van der Waals surface area contributed by atoms with Crippen LogP contribution < -0.4 is 5.73 Å². The number of amidine groups is 1. The van der Waals surface area contributed by atoms with Crippen LogP contribution in [0.25, 0.3) is 10.9 Å². The number of hydrogen-bond acceptors (Lipinski definition) is 2. The van der Waals surface area contributed by atoms with Crippen molar-refractivity contribution in [3.63, 3.8) is 0 Å². The standard InChI is InChI=1S/C12H13N3/c1-2-14-12(13)11-8-7-9-5-3-4-6-10(9)15-11/h3-8H,2H2,1H3,(H2,13,14). The molecule has 0 spiro atoms. The number of pyridine rings is 1. The van der Waals surface area contributed by atoms with E-state index in [9.17, 15) is 0 Å². The summed E-state index contributed by atoms with van der Waals surface area (Å²) in [6.45, 7) is 2.63. The van der Waals surface area contributed by atoms with Crippen molar-refractivity contribution >= 4 is 16.7 Å². The molecule has 2 N–H and O–H groups in total. The van der Waals surface area contributed by atoms with Crippen LogP contribution in [-0.4, -0.2) is 17.4 Å². The minimum Gasteiger partial charge on any atom is -0.382 e. The molecule has 0 unspecified atom stereocenters. The third kappa shape index (κ3) is 1.96. The molecule has 3 nitrogen and oxygen atoms in total. The number of hydrogen-bond donors (Lipinski definition) is 1. The number of aromatic nitrogens is 1. The molecule has 1 heterocycles. The smallest absolute Gasteiger partial charge is 0.144 e. The van der Waals surface area contributed by atoms with E-state index in [0.29, 0.717) is 12.4 Å². The first-order valence-corrected chi connectivity index (χ1v) is 4.97. The van der Waals surface area contributed by atoms with Gasteiger partial charge in [0.15, 0.2) is 0 Å². The summed E-state index contributed by atoms with van der Waals surface area (Å²) >= 11 is 0. The molecule has 0 aliphatic heterocycles. The molecule has 0 radical (unpaired) electrons. The number of nitrogens with zero attached hydrogens (tertiary/aromatic N) is 2. The number of para-hydroxylation sites is 1. The lowest BCUT2D eigenvalue weighted by Crippen LogP contribution is -2.15. The zero-order valence-electron chi connectivity index (χ0n) is 8.64. The van der Waals surface area contributed by atoms with E-state index in [0.717, 1.165) is 16.6 Å². The predicted molar refractivity (Wildman–Crippen MR) is 63.0 cm³/mol. The molecule has 76 valence electrons. The van der Waals surface area contributed by atoms with Crippen molar-refractivity contribution < 1.29 is 0 Å². The summed E-state index contributed by atoms with van der Waals surface area (Å²) in [5, 5.41) is 1.12. The van der Waals surface area contributed by atoms with Crippen molar-refractivity contribution in [2.75, 3.05) is 6.54 Å². The van der Waals surface area contributed by atoms with Gasteiger partial charge in [-0.2, -0.15) is 0 Å². The maximum Gasteiger partial charge on any atom is 0.144 e. The molecule has 3 heteroatoms. The zero-order valence-corrected chi connectivity index (χ0v) is 8.64. The van der Waals surface area contributed by atoms with E-state index in [1.165, 1.54) is 0 Å². The Labute approximate surface area is 88.7 Å². The SMILES string of the molecule is CCN=C(N)c1ccc2ccccc2n1. The Kier molecular flexibility index (Phi) is 2.63. The molecule has 1 aromatic carbocycles. The fourth-order valence-electron chi connectivity index (χ4n) is 1.46. The molecule has 0 saturated carbocycles. The molecule has 0 amide bonds. The van der Waals surface area contributed by atoms with Gasteiger partial charge in [-0.1, -0.05) is 24.3 Å². The summed E-state index contributed by atoms with van der Waals surface area (Å²) in [5.41, 5.74) is 7.48. The number of fused-ring (bicyclic) bond motifs is 1. The fourth-order valence-corrected chi connectivity index (χ4v) is 1.46. The topological polar surface area (TPSA) is 51.3 Å². The normalized spacial score (nSPS) is 11.9. The fraction of sp³-hybridized carbons (Fsp3) is 0.167. The third-order valence-electron chi connectivity index (χ3n) is 2.19. The summed E-state index contributed by atoms with van der Waals surface area (Å²) < 4.78 is 0. The van der Waals surface area contributed by atoms with Crippen LogP contribution in [0.15, 0.2) is 41.4 Å². The van der Waals surface area contributed by atoms with Gasteiger partial charge in [0.1, 0.15) is 11.5 Å². The van der Waals surface area contributed by atoms with E-state index in [2.05, 4.69) is 9.98 Å². The van der Waals surface area contributed by atoms with Gasteiger partial charge in [0.25, 0.3) is 0 Å². The largest absolute Gasteiger partial charge is 0.382 e. The third-order valence-corrected chi connectivity index (χ3v) is 2.19. The van der Waals surface area contributed by atoms with E-state index in [1.54, 1.807) is 0 Å². The molecule has 2 aromatic rings. The molecule has 0 aliphatic carbocycles. The van der Waals surface area contributed by atoms with Crippen LogP contribution >= 0.6 is 0 Å². The quantitative estimate of drug-likeness (QED) is 0.593. The molecule has 2 rings (SSSR count). The highest BCUT2D eigenvalue weighted by molar-refractivity contribution is 5.97. The highest BCUT2D eigenvalue weighted by Crippen LogP contribution is 2.11. The van der Waals surface area contributed by atoms with Crippen molar-refractivity contribution in [2.45, 2.75) is 6.92 Å². The molecule has 1 aromatic heterocycles. The van der Waals surface area contributed by atoms with Crippen LogP contribution in [0.3, 0.4) is 0 Å². The van der Waals surface area contributed by atoms with Gasteiger partial charge in [0.2, 0.25) is 0 Å². The van der Waals surface area contributed by atoms with E-state index >= 15 is 0 Å². The molecule has 15 heavy (non-hydrogen) atoms. The molecule has 0 saturated heterocycles. The molecule has 0 aliphatic rings. The van der Waals surface area contributed by atoms with Crippen molar-refractivity contribution in [3.8, 4) is 0 Å². The van der Waals surface area contributed by atoms with Crippen LogP contribution in [0.4, 0.5) is 0 Å². The molecular weight excluding hydrogens is 186 g/mol. The lowest BCUT2D eigenvalue weighted by Gasteiger charge is -2.01. The zero-order chi connectivity index (χ0) is 10.7. The van der Waals surface area contributed by atoms with E-state index in [4.69, 9.17) is 5.73 Å². The Morgan fingerprint density at radius 1 is 1.27 bits per heavy atom. The second-order valence-electron chi connectivity index (χ2n) is 3.25. The van der Waals surface area contributed by atoms with Crippen molar-refractivity contribution in [1.82, 2.24) is 4.98 Å². The van der Waals surface area contributed by atoms with Gasteiger partial charge in [0, 0.05) is 11.9 Å². The van der Waals surface area contributed by atoms with Gasteiger partial charge in [-0.05, 0) is 19.1 Å². The number of benzene rings is 1. The monoisotopic (exact) mass is 199 g/mol. The summed E-state index contributed by atoms with van der Waals surface area (Å²) in [6, 6.07) is 11.9. The van der Waals surface area contributed by atoms with E-state index in [-0.39, 0.29) is 0 Å². The first-order valence-electron chi connectivity index (χ1n) is 4.97. The highest BCUT2D eigenvalue weighted by atomic mass is 14.9. The van der Waals surface area contributed by atoms with Gasteiger partial charge >= 0.3 is 0 Å². The minimum atomic E-state index is 0.503. The lowest BCUT2D eigenvalue weighted by molar-refractivity contribution is 1.11. The summed E-state index contributed by atoms with van der Waals surface area (Å²) in [7, 11) is 0. The van der Waals surface area contributed by atoms with Crippen LogP contribution in [0.5, 0.6) is 0 Å². The molecular formula is C12H13N3. The highest BCUT2D eigenvalue weighted by Gasteiger charge is 2.00. The van der Waals surface area contributed by atoms with Crippen LogP contribution in [0.1, 0.15) is 12.6 Å². The van der Waals surface area contributed by atoms with Crippen LogP contribution in [-0.2, 0) is 0 Å². The van der Waals surface area contributed by atoms with Gasteiger partial charge < -0.3 is 5.73 Å². The average molecular weight is 199 g/mol. The Hall–Kier alpha value is -1.90. The van der Waals surface area contributed by atoms with E-state index in [1.807, 2.05) is 43.3 Å². The predicted octanol–water partition coefficient (Wildman–Crippen LogP) is 1.96. The van der Waals surface area contributed by atoms with E-state index < -0.39 is 0 Å². The molecule has 0 atom stereocenters. The van der Waals surface area contributed by atoms with Gasteiger partial charge in [-0.3, -0.25) is 4.99 Å². The van der Waals surface area contributed by atoms with Gasteiger partial charge in [-0.15, -0.1) is 0 Å². The summed E-state index contributed by atoms with van der Waals surface area (Å²) in [4.78, 5) is 8.57. The molecule has 0 bridgehead atoms. The van der Waals surface area contributed by atoms with Crippen molar-refractivity contribution in [2.24, 2.45) is 10.7 Å².